The van der Waals surface area contributed by atoms with E-state index in [4.69, 9.17) is 9.47 Å². The normalized spacial score (nSPS) is 22.3. The zero-order valence-electron chi connectivity index (χ0n) is 17.6. The molecule has 0 amide bonds. The van der Waals surface area contributed by atoms with Crippen molar-refractivity contribution in [1.29, 1.82) is 0 Å². The molecule has 3 heterocycles. The first-order valence-electron chi connectivity index (χ1n) is 10.9. The third kappa shape index (κ3) is 4.78. The number of benzene rings is 2. The second-order valence-electron chi connectivity index (χ2n) is 8.43. The van der Waals surface area contributed by atoms with Crippen LogP contribution in [0.1, 0.15) is 31.4 Å². The molecule has 31 heavy (non-hydrogen) atoms. The van der Waals surface area contributed by atoms with Gasteiger partial charge in [0.2, 0.25) is 5.96 Å². The molecule has 0 saturated carbocycles. The van der Waals surface area contributed by atoms with Gasteiger partial charge in [0, 0.05) is 32.5 Å². The summed E-state index contributed by atoms with van der Waals surface area (Å²) in [5, 5.41) is 3.28. The molecule has 1 N–H and O–H groups in total. The topological polar surface area (TPSA) is 58.5 Å². The largest absolute Gasteiger partial charge is 0.490 e. The summed E-state index contributed by atoms with van der Waals surface area (Å²) in [4.78, 5) is 11.5. The van der Waals surface area contributed by atoms with Gasteiger partial charge >= 0.3 is 0 Å². The SMILES string of the molecule is Cc1cc(NC2=NC(c3ccc(F)cc3)C=N2)cc(OC2CCN(C3COC3)CC2)c1.[HH]. The maximum atomic E-state index is 13.2. The summed E-state index contributed by atoms with van der Waals surface area (Å²) in [6.07, 6.45) is 4.06. The smallest absolute Gasteiger partial charge is 0.223 e. The Morgan fingerprint density at radius 1 is 1.13 bits per heavy atom. The number of aliphatic imine (C=N–C) groups is 2. The van der Waals surface area contributed by atoms with E-state index in [1.165, 1.54) is 12.1 Å². The van der Waals surface area contributed by atoms with Crippen LogP contribution in [0.2, 0.25) is 0 Å². The molecule has 0 aliphatic carbocycles. The van der Waals surface area contributed by atoms with Crippen LogP contribution < -0.4 is 10.1 Å². The minimum atomic E-state index is -0.254. The van der Waals surface area contributed by atoms with E-state index in [-0.39, 0.29) is 19.4 Å². The van der Waals surface area contributed by atoms with Crippen molar-refractivity contribution in [3.63, 3.8) is 0 Å². The van der Waals surface area contributed by atoms with Crippen LogP contribution in [0.15, 0.2) is 52.4 Å². The third-order valence-electron chi connectivity index (χ3n) is 6.03. The summed E-state index contributed by atoms with van der Waals surface area (Å²) in [6.45, 7) is 5.91. The van der Waals surface area contributed by atoms with E-state index in [1.807, 2.05) is 6.07 Å². The molecule has 2 saturated heterocycles. The molecule has 6 nitrogen and oxygen atoms in total. The van der Waals surface area contributed by atoms with Crippen molar-refractivity contribution in [2.24, 2.45) is 9.98 Å². The number of likely N-dealkylation sites (tertiary alicyclic amines) is 1. The quantitative estimate of drug-likeness (QED) is 0.781. The Morgan fingerprint density at radius 2 is 1.90 bits per heavy atom. The van der Waals surface area contributed by atoms with Crippen molar-refractivity contribution in [2.45, 2.75) is 38.0 Å². The summed E-state index contributed by atoms with van der Waals surface area (Å²) in [5.41, 5.74) is 2.92. The minimum absolute atomic E-state index is 0. The molecule has 3 aliphatic heterocycles. The molecular formula is C24H29FN4O2. The minimum Gasteiger partial charge on any atom is -0.490 e. The van der Waals surface area contributed by atoms with Gasteiger partial charge in [-0.15, -0.1) is 0 Å². The van der Waals surface area contributed by atoms with E-state index in [0.29, 0.717) is 12.0 Å². The lowest BCUT2D eigenvalue weighted by Gasteiger charge is -2.41. The van der Waals surface area contributed by atoms with Crippen LogP contribution >= 0.6 is 0 Å². The van der Waals surface area contributed by atoms with Gasteiger partial charge in [-0.05, 0) is 55.2 Å². The average Bonchev–Trinajstić information content (AvgIpc) is 3.16. The van der Waals surface area contributed by atoms with Crippen molar-refractivity contribution in [3.8, 4) is 5.75 Å². The molecule has 1 unspecified atom stereocenters. The molecule has 0 spiro atoms. The van der Waals surface area contributed by atoms with Gasteiger partial charge < -0.3 is 14.8 Å². The summed E-state index contributed by atoms with van der Waals surface area (Å²) in [5.74, 6) is 1.16. The Balaban J connectivity index is 0.00000245. The van der Waals surface area contributed by atoms with Crippen molar-refractivity contribution in [3.05, 3.63) is 59.4 Å². The lowest BCUT2D eigenvalue weighted by atomic mass is 10.0. The molecule has 2 fully saturated rings. The lowest BCUT2D eigenvalue weighted by molar-refractivity contribution is -0.0778. The van der Waals surface area contributed by atoms with Gasteiger partial charge in [0.05, 0.1) is 19.3 Å². The maximum absolute atomic E-state index is 13.2. The van der Waals surface area contributed by atoms with E-state index < -0.39 is 0 Å². The maximum Gasteiger partial charge on any atom is 0.223 e. The molecule has 0 aromatic heterocycles. The number of rotatable bonds is 5. The predicted molar refractivity (Wildman–Crippen MR) is 122 cm³/mol. The molecule has 7 heteroatoms. The monoisotopic (exact) mass is 424 g/mol. The first-order valence-corrected chi connectivity index (χ1v) is 10.9. The van der Waals surface area contributed by atoms with Gasteiger partial charge in [-0.1, -0.05) is 12.1 Å². The highest BCUT2D eigenvalue weighted by Gasteiger charge is 2.30. The molecule has 3 aliphatic rings. The van der Waals surface area contributed by atoms with Gasteiger partial charge in [0.25, 0.3) is 0 Å². The Bertz CT molecular complexity index is 986. The number of hydrogen-bond donors (Lipinski definition) is 1. The van der Waals surface area contributed by atoms with Crippen LogP contribution in [0.4, 0.5) is 10.1 Å². The van der Waals surface area contributed by atoms with E-state index in [0.717, 1.165) is 61.7 Å². The van der Waals surface area contributed by atoms with Gasteiger partial charge in [0.15, 0.2) is 0 Å². The summed E-state index contributed by atoms with van der Waals surface area (Å²) in [6, 6.07) is 12.9. The van der Waals surface area contributed by atoms with Crippen LogP contribution in [0.25, 0.3) is 0 Å². The Labute approximate surface area is 183 Å². The number of nitrogens with zero attached hydrogens (tertiary/aromatic N) is 3. The second kappa shape index (κ2) is 8.77. The third-order valence-corrected chi connectivity index (χ3v) is 6.03. The molecule has 0 bridgehead atoms. The summed E-state index contributed by atoms with van der Waals surface area (Å²) < 4.78 is 24.8. The van der Waals surface area contributed by atoms with Crippen LogP contribution in [0, 0.1) is 12.7 Å². The van der Waals surface area contributed by atoms with Crippen molar-refractivity contribution >= 4 is 17.9 Å². The van der Waals surface area contributed by atoms with E-state index in [9.17, 15) is 4.39 Å². The number of nitrogens with one attached hydrogen (secondary N) is 1. The highest BCUT2D eigenvalue weighted by Crippen LogP contribution is 2.27. The van der Waals surface area contributed by atoms with Crippen LogP contribution in [-0.2, 0) is 4.74 Å². The molecule has 2 aromatic carbocycles. The van der Waals surface area contributed by atoms with E-state index in [2.05, 4.69) is 39.3 Å². The average molecular weight is 425 g/mol. The number of aryl methyl sites for hydroxylation is 1. The molecular weight excluding hydrogens is 395 g/mol. The van der Waals surface area contributed by atoms with Gasteiger partial charge in [0.1, 0.15) is 23.7 Å². The number of halogens is 1. The molecule has 0 radical (unpaired) electrons. The zero-order chi connectivity index (χ0) is 21.2. The highest BCUT2D eigenvalue weighted by molar-refractivity contribution is 6.03. The second-order valence-corrected chi connectivity index (χ2v) is 8.43. The van der Waals surface area contributed by atoms with Crippen molar-refractivity contribution in [1.82, 2.24) is 4.90 Å². The number of piperidine rings is 1. The van der Waals surface area contributed by atoms with Crippen LogP contribution in [0.3, 0.4) is 0 Å². The van der Waals surface area contributed by atoms with Gasteiger partial charge in [-0.25, -0.2) is 14.4 Å². The van der Waals surface area contributed by atoms with E-state index >= 15 is 0 Å². The van der Waals surface area contributed by atoms with Crippen LogP contribution in [0.5, 0.6) is 5.75 Å². The van der Waals surface area contributed by atoms with Crippen molar-refractivity contribution in [2.75, 3.05) is 31.6 Å². The summed E-state index contributed by atoms with van der Waals surface area (Å²) >= 11 is 0. The fraction of sp³-hybridized carbons (Fsp3) is 0.417. The van der Waals surface area contributed by atoms with Gasteiger partial charge in [-0.3, -0.25) is 4.90 Å². The van der Waals surface area contributed by atoms with E-state index in [1.54, 1.807) is 18.3 Å². The molecule has 164 valence electrons. The fourth-order valence-electron chi connectivity index (χ4n) is 4.23. The number of ether oxygens (including phenoxy) is 2. The Kier molecular flexibility index (Phi) is 5.70. The number of hydrogen-bond acceptors (Lipinski definition) is 6. The number of guanidine groups is 1. The fourth-order valence-corrected chi connectivity index (χ4v) is 4.23. The molecule has 1 atom stereocenters. The van der Waals surface area contributed by atoms with Gasteiger partial charge in [-0.2, -0.15) is 0 Å². The number of anilines is 1. The first-order chi connectivity index (χ1) is 15.1. The van der Waals surface area contributed by atoms with Crippen molar-refractivity contribution < 1.29 is 15.3 Å². The predicted octanol–water partition coefficient (Wildman–Crippen LogP) is 4.22. The Hall–Kier alpha value is -2.77. The zero-order valence-corrected chi connectivity index (χ0v) is 17.6. The standard InChI is InChI=1S/C24H27FN4O2.H2/c1-16-10-19(27-24-26-13-23(28-24)17-2-4-18(25)5-3-17)12-22(11-16)31-21-6-8-29(9-7-21)20-14-30-15-20;/h2-5,10-13,20-21,23H,6-9,14-15H2,1H3,(H,27,28);1H. The Morgan fingerprint density at radius 3 is 2.61 bits per heavy atom. The first kappa shape index (κ1) is 20.2. The van der Waals surface area contributed by atoms with Crippen LogP contribution in [-0.4, -0.2) is 55.5 Å². The molecule has 2 aromatic rings. The summed E-state index contributed by atoms with van der Waals surface area (Å²) in [7, 11) is 0. The highest BCUT2D eigenvalue weighted by atomic mass is 19.1. The lowest BCUT2D eigenvalue weighted by Crippen LogP contribution is -2.52. The molecule has 5 rings (SSSR count).